The average Bonchev–Trinajstić information content (AvgIpc) is 3.13. The molecule has 0 radical (unpaired) electrons. The fraction of sp³-hybridized carbons (Fsp3) is 0.619. The molecule has 0 aliphatic rings. The van der Waals surface area contributed by atoms with Crippen LogP contribution in [0.4, 0.5) is 5.95 Å². The van der Waals surface area contributed by atoms with E-state index >= 15 is 0 Å². The summed E-state index contributed by atoms with van der Waals surface area (Å²) in [6, 6.07) is 0. The van der Waals surface area contributed by atoms with Crippen LogP contribution >= 0.6 is 23.1 Å². The van der Waals surface area contributed by atoms with E-state index in [0.29, 0.717) is 6.54 Å². The minimum absolute atomic E-state index is 0.629. The summed E-state index contributed by atoms with van der Waals surface area (Å²) in [5.74, 6) is -0.108. The normalized spacial score (nSPS) is 11.6. The van der Waals surface area contributed by atoms with E-state index in [0.717, 1.165) is 40.9 Å². The molecule has 8 heteroatoms. The van der Waals surface area contributed by atoms with Crippen LogP contribution in [-0.4, -0.2) is 37.3 Å². The largest absolute Gasteiger partial charge is 0.480 e. The van der Waals surface area contributed by atoms with Gasteiger partial charge in [-0.2, -0.15) is 0 Å². The van der Waals surface area contributed by atoms with Crippen molar-refractivity contribution < 1.29 is 9.90 Å². The number of nitrogens with zero attached hydrogens (tertiary/aromatic N) is 4. The summed E-state index contributed by atoms with van der Waals surface area (Å²) in [6.45, 7) is 9.23. The highest BCUT2D eigenvalue weighted by Gasteiger charge is 2.30. The van der Waals surface area contributed by atoms with E-state index in [1.165, 1.54) is 48.8 Å². The van der Waals surface area contributed by atoms with Gasteiger partial charge in [-0.1, -0.05) is 51.3 Å². The molecule has 6 nitrogen and oxygen atoms in total. The average molecular weight is 437 g/mol. The van der Waals surface area contributed by atoms with E-state index in [-0.39, 0.29) is 0 Å². The summed E-state index contributed by atoms with van der Waals surface area (Å²) < 4.78 is -0.120. The monoisotopic (exact) mass is 436 g/mol. The Bertz CT molecular complexity index is 762. The predicted octanol–water partition coefficient (Wildman–Crippen LogP) is 5.43. The number of thiazole rings is 1. The molecule has 29 heavy (non-hydrogen) atoms. The predicted molar refractivity (Wildman–Crippen MR) is 121 cm³/mol. The van der Waals surface area contributed by atoms with Gasteiger partial charge >= 0.3 is 5.97 Å². The lowest BCUT2D eigenvalue weighted by atomic mass is 10.1. The van der Waals surface area contributed by atoms with Gasteiger partial charge in [-0.25, -0.2) is 15.0 Å². The van der Waals surface area contributed by atoms with E-state index in [1.54, 1.807) is 13.8 Å². The maximum absolute atomic E-state index is 11.4. The van der Waals surface area contributed by atoms with Gasteiger partial charge in [-0.05, 0) is 32.3 Å². The van der Waals surface area contributed by atoms with Crippen molar-refractivity contribution in [2.45, 2.75) is 81.9 Å². The van der Waals surface area contributed by atoms with Gasteiger partial charge in [0.2, 0.25) is 5.95 Å². The number of thioether (sulfide) groups is 1. The van der Waals surface area contributed by atoms with Gasteiger partial charge in [-0.15, -0.1) is 11.3 Å². The van der Waals surface area contributed by atoms with Crippen molar-refractivity contribution in [3.8, 4) is 0 Å². The minimum Gasteiger partial charge on any atom is -0.480 e. The molecule has 0 aliphatic carbocycles. The second kappa shape index (κ2) is 11.5. The zero-order valence-electron chi connectivity index (χ0n) is 17.8. The Balaban J connectivity index is 2.07. The Kier molecular flexibility index (Phi) is 9.36. The van der Waals surface area contributed by atoms with Gasteiger partial charge in [0.05, 0.1) is 12.2 Å². The van der Waals surface area contributed by atoms with Crippen molar-refractivity contribution >= 4 is 35.0 Å². The Hall–Kier alpha value is -1.67. The summed E-state index contributed by atoms with van der Waals surface area (Å²) in [4.78, 5) is 27.3. The molecule has 0 aliphatic heterocycles. The second-order valence-corrected chi connectivity index (χ2v) is 10.3. The second-order valence-electron chi connectivity index (χ2n) is 7.60. The first-order chi connectivity index (χ1) is 13.9. The lowest BCUT2D eigenvalue weighted by molar-refractivity contribution is -0.138. The highest BCUT2D eigenvalue weighted by molar-refractivity contribution is 8.02. The molecule has 0 unspecified atom stereocenters. The molecular formula is C21H32N4O2S2. The number of carboxylic acid groups (broad SMARTS) is 1. The zero-order valence-corrected chi connectivity index (χ0v) is 19.5. The Labute approximate surface area is 182 Å². The number of carbonyl (C=O) groups is 1. The van der Waals surface area contributed by atoms with Gasteiger partial charge in [0.25, 0.3) is 0 Å². The van der Waals surface area contributed by atoms with Crippen LogP contribution in [-0.2, 0) is 17.8 Å². The fourth-order valence-electron chi connectivity index (χ4n) is 2.72. The number of aliphatic carboxylic acids is 1. The molecule has 160 valence electrons. The number of unbranched alkanes of at least 4 members (excludes halogenated alkanes) is 4. The third kappa shape index (κ3) is 7.59. The van der Waals surface area contributed by atoms with Crippen LogP contribution < -0.4 is 4.90 Å². The molecule has 0 amide bonds. The van der Waals surface area contributed by atoms with E-state index in [2.05, 4.69) is 33.7 Å². The van der Waals surface area contributed by atoms with E-state index < -0.39 is 10.7 Å². The molecule has 0 saturated heterocycles. The van der Waals surface area contributed by atoms with Crippen LogP contribution in [0.3, 0.4) is 0 Å². The van der Waals surface area contributed by atoms with Crippen LogP contribution in [0.5, 0.6) is 0 Å². The highest BCUT2D eigenvalue weighted by atomic mass is 32.2. The van der Waals surface area contributed by atoms with Gasteiger partial charge in [0.1, 0.15) is 4.75 Å². The van der Waals surface area contributed by atoms with Crippen LogP contribution in [0, 0.1) is 0 Å². The van der Waals surface area contributed by atoms with Crippen molar-refractivity contribution in [1.29, 1.82) is 0 Å². The molecule has 0 fully saturated rings. The lowest BCUT2D eigenvalue weighted by Gasteiger charge is -2.22. The van der Waals surface area contributed by atoms with E-state index in [4.69, 9.17) is 0 Å². The first-order valence-corrected chi connectivity index (χ1v) is 12.0. The van der Waals surface area contributed by atoms with E-state index in [9.17, 15) is 9.90 Å². The van der Waals surface area contributed by atoms with Crippen molar-refractivity contribution in [2.75, 3.05) is 11.4 Å². The summed E-state index contributed by atoms with van der Waals surface area (Å²) in [7, 11) is 0. The molecule has 2 heterocycles. The number of aryl methyl sites for hydroxylation is 1. The van der Waals surface area contributed by atoms with Crippen molar-refractivity contribution in [3.05, 3.63) is 29.0 Å². The van der Waals surface area contributed by atoms with Crippen LogP contribution in [0.1, 0.15) is 71.1 Å². The number of hydrogen-bond donors (Lipinski definition) is 1. The molecule has 2 aromatic rings. The standard InChI is InChI=1S/C21H32N4O2S2/c1-5-7-8-9-10-11-25(19-22-12-16(6-2)13-23-19)14-17-15-28-20(24-17)29-21(3,4)18(26)27/h12-13,15H,5-11,14H2,1-4H3,(H,26,27). The van der Waals surface area contributed by atoms with Gasteiger partial charge in [0.15, 0.2) is 4.34 Å². The molecule has 1 N–H and O–H groups in total. The quantitative estimate of drug-likeness (QED) is 0.331. The fourth-order valence-corrected chi connectivity index (χ4v) is 4.90. The summed E-state index contributed by atoms with van der Waals surface area (Å²) in [5.41, 5.74) is 2.05. The van der Waals surface area contributed by atoms with Crippen molar-refractivity contribution in [2.24, 2.45) is 0 Å². The number of carboxylic acids is 1. The highest BCUT2D eigenvalue weighted by Crippen LogP contribution is 2.35. The van der Waals surface area contributed by atoms with E-state index in [1.807, 2.05) is 17.8 Å². The Morgan fingerprint density at radius 2 is 1.86 bits per heavy atom. The maximum atomic E-state index is 11.4. The van der Waals surface area contributed by atoms with Gasteiger partial charge < -0.3 is 10.0 Å². The number of rotatable bonds is 13. The lowest BCUT2D eigenvalue weighted by Crippen LogP contribution is -2.27. The molecule has 0 bridgehead atoms. The third-order valence-corrected chi connectivity index (χ3v) is 6.83. The molecule has 2 aromatic heterocycles. The third-order valence-electron chi connectivity index (χ3n) is 4.66. The molecular weight excluding hydrogens is 404 g/mol. The molecule has 0 saturated carbocycles. The molecule has 2 rings (SSSR count). The minimum atomic E-state index is -0.896. The maximum Gasteiger partial charge on any atom is 0.319 e. The van der Waals surface area contributed by atoms with Gasteiger partial charge in [0, 0.05) is 24.3 Å². The first kappa shape index (κ1) is 23.6. The van der Waals surface area contributed by atoms with Crippen LogP contribution in [0.25, 0.3) is 0 Å². The first-order valence-electron chi connectivity index (χ1n) is 10.3. The number of hydrogen-bond acceptors (Lipinski definition) is 7. The number of anilines is 1. The van der Waals surface area contributed by atoms with Gasteiger partial charge in [-0.3, -0.25) is 4.79 Å². The molecule has 0 spiro atoms. The van der Waals surface area contributed by atoms with Crippen LogP contribution in [0.2, 0.25) is 0 Å². The topological polar surface area (TPSA) is 79.2 Å². The zero-order chi connectivity index (χ0) is 21.3. The summed E-state index contributed by atoms with van der Waals surface area (Å²) in [5, 5.41) is 11.3. The summed E-state index contributed by atoms with van der Waals surface area (Å²) in [6.07, 6.45) is 10.8. The smallest absolute Gasteiger partial charge is 0.319 e. The molecule has 0 aromatic carbocycles. The Morgan fingerprint density at radius 1 is 1.17 bits per heavy atom. The SMILES string of the molecule is CCCCCCCN(Cc1csc(SC(C)(C)C(=O)O)n1)c1ncc(CC)cn1. The van der Waals surface area contributed by atoms with Crippen molar-refractivity contribution in [3.63, 3.8) is 0 Å². The number of aromatic nitrogens is 3. The van der Waals surface area contributed by atoms with Crippen LogP contribution in [0.15, 0.2) is 22.1 Å². The van der Waals surface area contributed by atoms with Crippen molar-refractivity contribution in [1.82, 2.24) is 15.0 Å². The summed E-state index contributed by atoms with van der Waals surface area (Å²) >= 11 is 2.78. The molecule has 0 atom stereocenters. The Morgan fingerprint density at radius 3 is 2.48 bits per heavy atom.